The molecular weight excluding hydrogens is 374 g/mol. The fourth-order valence-corrected chi connectivity index (χ4v) is 4.09. The van der Waals surface area contributed by atoms with Gasteiger partial charge in [-0.25, -0.2) is 0 Å². The predicted octanol–water partition coefficient (Wildman–Crippen LogP) is 4.25. The number of ether oxygens (including phenoxy) is 2. The zero-order valence-electron chi connectivity index (χ0n) is 17.0. The molecule has 0 saturated heterocycles. The molecule has 0 bridgehead atoms. The van der Waals surface area contributed by atoms with Gasteiger partial charge in [-0.1, -0.05) is 42.5 Å². The van der Waals surface area contributed by atoms with Crippen molar-refractivity contribution >= 4 is 12.4 Å². The molecule has 2 aromatic carbocycles. The molecule has 1 aliphatic carbocycles. The van der Waals surface area contributed by atoms with Gasteiger partial charge in [0.05, 0.1) is 25.4 Å². The number of halogens is 1. The molecule has 3 unspecified atom stereocenters. The summed E-state index contributed by atoms with van der Waals surface area (Å²) in [6.07, 6.45) is 2.56. The van der Waals surface area contributed by atoms with Gasteiger partial charge in [-0.15, -0.1) is 12.4 Å². The average Bonchev–Trinajstić information content (AvgIpc) is 2.69. The van der Waals surface area contributed by atoms with Gasteiger partial charge in [0.25, 0.3) is 0 Å². The molecule has 1 saturated carbocycles. The Labute approximate surface area is 174 Å². The van der Waals surface area contributed by atoms with Gasteiger partial charge in [0, 0.05) is 12.5 Å². The molecular formula is C23H32ClNO3. The van der Waals surface area contributed by atoms with E-state index >= 15 is 0 Å². The van der Waals surface area contributed by atoms with E-state index in [4.69, 9.17) is 9.47 Å². The molecule has 5 heteroatoms. The molecule has 0 aliphatic heterocycles. The number of aliphatic hydroxyl groups is 1. The van der Waals surface area contributed by atoms with Crippen molar-refractivity contribution in [2.24, 2.45) is 5.92 Å². The standard InChI is InChI=1S/C23H31NO3.ClH/c1-24(2)16-20-15-22(27-17-18-8-5-4-6-9-18)12-13-23(20,25)19-10-7-11-21(14-19)26-3;/h4-11,14,20,22,25H,12-13,15-17H2,1-3H3;1H. The van der Waals surface area contributed by atoms with Crippen LogP contribution in [-0.4, -0.2) is 43.9 Å². The molecule has 2 aromatic rings. The Kier molecular flexibility index (Phi) is 8.32. The molecule has 28 heavy (non-hydrogen) atoms. The van der Waals surface area contributed by atoms with Crippen molar-refractivity contribution < 1.29 is 14.6 Å². The van der Waals surface area contributed by atoms with Crippen molar-refractivity contribution in [1.29, 1.82) is 0 Å². The van der Waals surface area contributed by atoms with Crippen LogP contribution >= 0.6 is 12.4 Å². The second-order valence-electron chi connectivity index (χ2n) is 7.81. The molecule has 1 fully saturated rings. The Balaban J connectivity index is 0.00000280. The second-order valence-corrected chi connectivity index (χ2v) is 7.81. The lowest BCUT2D eigenvalue weighted by atomic mass is 9.70. The topological polar surface area (TPSA) is 41.9 Å². The highest BCUT2D eigenvalue weighted by molar-refractivity contribution is 5.85. The van der Waals surface area contributed by atoms with Crippen LogP contribution < -0.4 is 4.74 Å². The molecule has 3 atom stereocenters. The van der Waals surface area contributed by atoms with Crippen molar-refractivity contribution in [1.82, 2.24) is 4.90 Å². The minimum Gasteiger partial charge on any atom is -0.497 e. The quantitative estimate of drug-likeness (QED) is 0.747. The summed E-state index contributed by atoms with van der Waals surface area (Å²) in [5.41, 5.74) is 1.27. The first kappa shape index (κ1) is 22.7. The van der Waals surface area contributed by atoms with E-state index in [-0.39, 0.29) is 24.4 Å². The fourth-order valence-electron chi connectivity index (χ4n) is 4.09. The molecule has 4 nitrogen and oxygen atoms in total. The zero-order chi connectivity index (χ0) is 19.3. The van der Waals surface area contributed by atoms with Crippen molar-refractivity contribution in [2.75, 3.05) is 27.7 Å². The molecule has 1 N–H and O–H groups in total. The highest BCUT2D eigenvalue weighted by Crippen LogP contribution is 2.43. The molecule has 0 aromatic heterocycles. The molecule has 0 amide bonds. The van der Waals surface area contributed by atoms with E-state index < -0.39 is 5.60 Å². The number of benzene rings is 2. The van der Waals surface area contributed by atoms with Gasteiger partial charge in [-0.3, -0.25) is 0 Å². The van der Waals surface area contributed by atoms with Crippen LogP contribution in [0.5, 0.6) is 5.75 Å². The predicted molar refractivity (Wildman–Crippen MR) is 115 cm³/mol. The summed E-state index contributed by atoms with van der Waals surface area (Å²) < 4.78 is 11.6. The third kappa shape index (κ3) is 5.48. The number of methoxy groups -OCH3 is 1. The summed E-state index contributed by atoms with van der Waals surface area (Å²) in [5.74, 6) is 0.890. The van der Waals surface area contributed by atoms with Gasteiger partial charge in [0.15, 0.2) is 0 Å². The summed E-state index contributed by atoms with van der Waals surface area (Å²) in [5, 5.41) is 11.6. The largest absolute Gasteiger partial charge is 0.497 e. The molecule has 1 aliphatic rings. The number of hydrogen-bond donors (Lipinski definition) is 1. The van der Waals surface area contributed by atoms with E-state index in [1.54, 1.807) is 7.11 Å². The van der Waals surface area contributed by atoms with E-state index in [2.05, 4.69) is 31.1 Å². The van der Waals surface area contributed by atoms with Crippen LogP contribution in [0.2, 0.25) is 0 Å². The summed E-state index contributed by atoms with van der Waals surface area (Å²) in [4.78, 5) is 2.15. The first-order valence-corrected chi connectivity index (χ1v) is 9.68. The minimum absolute atomic E-state index is 0. The van der Waals surface area contributed by atoms with Crippen LogP contribution in [0.25, 0.3) is 0 Å². The Morgan fingerprint density at radius 1 is 1.11 bits per heavy atom. The molecule has 3 rings (SSSR count). The molecule has 154 valence electrons. The maximum absolute atomic E-state index is 11.6. The summed E-state index contributed by atoms with van der Waals surface area (Å²) in [6.45, 7) is 1.44. The zero-order valence-corrected chi connectivity index (χ0v) is 17.8. The lowest BCUT2D eigenvalue weighted by Gasteiger charge is -2.44. The van der Waals surface area contributed by atoms with E-state index in [1.165, 1.54) is 5.56 Å². The third-order valence-corrected chi connectivity index (χ3v) is 5.55. The van der Waals surface area contributed by atoms with Crippen molar-refractivity contribution in [3.05, 3.63) is 65.7 Å². The maximum Gasteiger partial charge on any atom is 0.119 e. The summed E-state index contributed by atoms with van der Waals surface area (Å²) in [7, 11) is 5.77. The third-order valence-electron chi connectivity index (χ3n) is 5.55. The molecule has 0 heterocycles. The first-order chi connectivity index (χ1) is 13.0. The van der Waals surface area contributed by atoms with Crippen LogP contribution in [0.15, 0.2) is 54.6 Å². The van der Waals surface area contributed by atoms with Gasteiger partial charge in [-0.05, 0) is 56.6 Å². The molecule has 0 spiro atoms. The van der Waals surface area contributed by atoms with Crippen LogP contribution in [0, 0.1) is 5.92 Å². The van der Waals surface area contributed by atoms with Gasteiger partial charge in [-0.2, -0.15) is 0 Å². The monoisotopic (exact) mass is 405 g/mol. The Bertz CT molecular complexity index is 725. The SMILES string of the molecule is COc1cccc(C2(O)CCC(OCc3ccccc3)CC2CN(C)C)c1.Cl. The van der Waals surface area contributed by atoms with Gasteiger partial charge >= 0.3 is 0 Å². The van der Waals surface area contributed by atoms with Crippen molar-refractivity contribution in [3.63, 3.8) is 0 Å². The lowest BCUT2D eigenvalue weighted by molar-refractivity contribution is -0.110. The van der Waals surface area contributed by atoms with Gasteiger partial charge in [0.2, 0.25) is 0 Å². The maximum atomic E-state index is 11.6. The van der Waals surface area contributed by atoms with E-state index in [0.717, 1.165) is 30.7 Å². The lowest BCUT2D eigenvalue weighted by Crippen LogP contribution is -2.46. The van der Waals surface area contributed by atoms with E-state index in [1.807, 2.05) is 42.5 Å². The van der Waals surface area contributed by atoms with Crippen molar-refractivity contribution in [3.8, 4) is 5.75 Å². The molecule has 0 radical (unpaired) electrons. The van der Waals surface area contributed by atoms with Crippen LogP contribution in [0.4, 0.5) is 0 Å². The normalized spacial score (nSPS) is 24.6. The summed E-state index contributed by atoms with van der Waals surface area (Å²) in [6, 6.07) is 18.1. The van der Waals surface area contributed by atoms with Gasteiger partial charge in [0.1, 0.15) is 5.75 Å². The Morgan fingerprint density at radius 3 is 2.54 bits per heavy atom. The Hall–Kier alpha value is -1.59. The van der Waals surface area contributed by atoms with Crippen LogP contribution in [0.1, 0.15) is 30.4 Å². The van der Waals surface area contributed by atoms with E-state index in [9.17, 15) is 5.11 Å². The van der Waals surface area contributed by atoms with Crippen LogP contribution in [0.3, 0.4) is 0 Å². The highest BCUT2D eigenvalue weighted by Gasteiger charge is 2.44. The smallest absolute Gasteiger partial charge is 0.119 e. The van der Waals surface area contributed by atoms with Crippen molar-refractivity contribution in [2.45, 2.75) is 37.6 Å². The highest BCUT2D eigenvalue weighted by atomic mass is 35.5. The second kappa shape index (κ2) is 10.3. The number of hydrogen-bond acceptors (Lipinski definition) is 4. The summed E-state index contributed by atoms with van der Waals surface area (Å²) >= 11 is 0. The number of nitrogens with zero attached hydrogens (tertiary/aromatic N) is 1. The van der Waals surface area contributed by atoms with E-state index in [0.29, 0.717) is 13.0 Å². The minimum atomic E-state index is -0.856. The number of rotatable bonds is 7. The first-order valence-electron chi connectivity index (χ1n) is 9.68. The average molecular weight is 406 g/mol. The van der Waals surface area contributed by atoms with Crippen LogP contribution in [-0.2, 0) is 16.9 Å². The fraction of sp³-hybridized carbons (Fsp3) is 0.478. The van der Waals surface area contributed by atoms with Gasteiger partial charge < -0.3 is 19.5 Å². The Morgan fingerprint density at radius 2 is 1.86 bits per heavy atom.